The Morgan fingerprint density at radius 1 is 1.32 bits per heavy atom. The predicted molar refractivity (Wildman–Crippen MR) is 94.0 cm³/mol. The summed E-state index contributed by atoms with van der Waals surface area (Å²) < 4.78 is 5.22. The van der Waals surface area contributed by atoms with Crippen molar-refractivity contribution in [1.82, 2.24) is 10.1 Å². The molecular weight excluding hydrogens is 318 g/mol. The molecule has 1 aliphatic heterocycles. The summed E-state index contributed by atoms with van der Waals surface area (Å²) in [5.74, 6) is 0.484. The molecule has 6 heteroatoms. The minimum absolute atomic E-state index is 0.0125. The lowest BCUT2D eigenvalue weighted by atomic mass is 10.1. The Morgan fingerprint density at radius 2 is 2.04 bits per heavy atom. The zero-order valence-corrected chi connectivity index (χ0v) is 14.8. The standard InChI is InChI=1S/C19H23N3O3/c1-4-16-18(13(3)21-25-16)20-19(24)15-9-10-17(23)22(15)11-14-7-5-12(2)6-8-14/h5-8,15H,4,9-11H2,1-3H3,(H,20,24). The molecule has 2 heterocycles. The van der Waals surface area contributed by atoms with Crippen molar-refractivity contribution in [2.75, 3.05) is 5.32 Å². The van der Waals surface area contributed by atoms with Gasteiger partial charge in [0.25, 0.3) is 0 Å². The van der Waals surface area contributed by atoms with Crippen LogP contribution in [0.4, 0.5) is 5.69 Å². The van der Waals surface area contributed by atoms with Crippen molar-refractivity contribution in [2.24, 2.45) is 0 Å². The second-order valence-corrected chi connectivity index (χ2v) is 6.47. The summed E-state index contributed by atoms with van der Waals surface area (Å²) in [7, 11) is 0. The molecule has 0 spiro atoms. The van der Waals surface area contributed by atoms with Crippen molar-refractivity contribution in [3.63, 3.8) is 0 Å². The highest BCUT2D eigenvalue weighted by molar-refractivity contribution is 5.99. The van der Waals surface area contributed by atoms with Crippen molar-refractivity contribution in [1.29, 1.82) is 0 Å². The first-order valence-electron chi connectivity index (χ1n) is 8.60. The van der Waals surface area contributed by atoms with Crippen LogP contribution in [0.25, 0.3) is 0 Å². The highest BCUT2D eigenvalue weighted by Crippen LogP contribution is 2.25. The molecule has 1 aromatic heterocycles. The van der Waals surface area contributed by atoms with Gasteiger partial charge in [-0.3, -0.25) is 9.59 Å². The second kappa shape index (κ2) is 7.09. The van der Waals surface area contributed by atoms with E-state index in [9.17, 15) is 9.59 Å². The predicted octanol–water partition coefficient (Wildman–Crippen LogP) is 2.98. The maximum absolute atomic E-state index is 12.8. The smallest absolute Gasteiger partial charge is 0.247 e. The van der Waals surface area contributed by atoms with Gasteiger partial charge in [0.05, 0.1) is 0 Å². The van der Waals surface area contributed by atoms with Gasteiger partial charge in [-0.05, 0) is 25.8 Å². The number of benzene rings is 1. The Bertz CT molecular complexity index is 780. The Kier molecular flexibility index (Phi) is 4.88. The summed E-state index contributed by atoms with van der Waals surface area (Å²) in [5.41, 5.74) is 3.47. The minimum Gasteiger partial charge on any atom is -0.359 e. The average Bonchev–Trinajstić information content (AvgIpc) is 3.13. The molecule has 1 N–H and O–H groups in total. The first-order valence-corrected chi connectivity index (χ1v) is 8.60. The van der Waals surface area contributed by atoms with Crippen molar-refractivity contribution in [3.05, 3.63) is 46.8 Å². The summed E-state index contributed by atoms with van der Waals surface area (Å²) in [6.07, 6.45) is 1.57. The maximum atomic E-state index is 12.8. The molecule has 0 saturated carbocycles. The quantitative estimate of drug-likeness (QED) is 0.907. The number of carbonyl (C=O) groups is 2. The molecule has 1 aromatic carbocycles. The molecule has 1 aliphatic rings. The lowest BCUT2D eigenvalue weighted by Crippen LogP contribution is -2.41. The van der Waals surface area contributed by atoms with Crippen molar-refractivity contribution in [3.8, 4) is 0 Å². The number of nitrogens with one attached hydrogen (secondary N) is 1. The van der Waals surface area contributed by atoms with E-state index in [-0.39, 0.29) is 11.8 Å². The summed E-state index contributed by atoms with van der Waals surface area (Å²) in [6, 6.07) is 7.55. The van der Waals surface area contributed by atoms with E-state index in [2.05, 4.69) is 10.5 Å². The number of amides is 2. The number of anilines is 1. The van der Waals surface area contributed by atoms with Gasteiger partial charge in [0.1, 0.15) is 17.4 Å². The second-order valence-electron chi connectivity index (χ2n) is 6.47. The van der Waals surface area contributed by atoms with Crippen LogP contribution in [0, 0.1) is 13.8 Å². The molecule has 0 aliphatic carbocycles. The van der Waals surface area contributed by atoms with E-state index >= 15 is 0 Å². The van der Waals surface area contributed by atoms with Crippen LogP contribution in [0.15, 0.2) is 28.8 Å². The number of likely N-dealkylation sites (tertiary alicyclic amines) is 1. The molecule has 2 aromatic rings. The zero-order chi connectivity index (χ0) is 18.0. The largest absolute Gasteiger partial charge is 0.359 e. The SMILES string of the molecule is CCc1onc(C)c1NC(=O)C1CCC(=O)N1Cc1ccc(C)cc1. The van der Waals surface area contributed by atoms with Crippen LogP contribution in [0.3, 0.4) is 0 Å². The highest BCUT2D eigenvalue weighted by Gasteiger charge is 2.36. The topological polar surface area (TPSA) is 75.4 Å². The maximum Gasteiger partial charge on any atom is 0.247 e. The average molecular weight is 341 g/mol. The first kappa shape index (κ1) is 17.2. The summed E-state index contributed by atoms with van der Waals surface area (Å²) >= 11 is 0. The van der Waals surface area contributed by atoms with Crippen LogP contribution in [0.1, 0.15) is 42.3 Å². The number of nitrogens with zero attached hydrogens (tertiary/aromatic N) is 2. The highest BCUT2D eigenvalue weighted by atomic mass is 16.5. The van der Waals surface area contributed by atoms with E-state index in [0.29, 0.717) is 42.9 Å². The van der Waals surface area contributed by atoms with Crippen LogP contribution in [-0.2, 0) is 22.6 Å². The van der Waals surface area contributed by atoms with Gasteiger partial charge in [0, 0.05) is 19.4 Å². The summed E-state index contributed by atoms with van der Waals surface area (Å²) in [6.45, 7) is 6.20. The molecule has 1 unspecified atom stereocenters. The fourth-order valence-electron chi connectivity index (χ4n) is 3.12. The Hall–Kier alpha value is -2.63. The number of hydrogen-bond acceptors (Lipinski definition) is 4. The number of carbonyl (C=O) groups excluding carboxylic acids is 2. The van der Waals surface area contributed by atoms with E-state index in [0.717, 1.165) is 5.56 Å². The first-order chi connectivity index (χ1) is 12.0. The van der Waals surface area contributed by atoms with Crippen molar-refractivity contribution >= 4 is 17.5 Å². The summed E-state index contributed by atoms with van der Waals surface area (Å²) in [5, 5.41) is 6.81. The molecule has 0 radical (unpaired) electrons. The molecular formula is C19H23N3O3. The molecule has 0 bridgehead atoms. The van der Waals surface area contributed by atoms with Crippen LogP contribution in [0.5, 0.6) is 0 Å². The number of aryl methyl sites for hydroxylation is 3. The third kappa shape index (κ3) is 3.57. The van der Waals surface area contributed by atoms with Gasteiger partial charge in [-0.25, -0.2) is 0 Å². The third-order valence-electron chi connectivity index (χ3n) is 4.61. The van der Waals surface area contributed by atoms with Crippen molar-refractivity contribution < 1.29 is 14.1 Å². The third-order valence-corrected chi connectivity index (χ3v) is 4.61. The van der Waals surface area contributed by atoms with Gasteiger partial charge < -0.3 is 14.7 Å². The Morgan fingerprint density at radius 3 is 2.72 bits per heavy atom. The van der Waals surface area contributed by atoms with E-state index in [1.165, 1.54) is 5.56 Å². The molecule has 25 heavy (non-hydrogen) atoms. The van der Waals surface area contributed by atoms with Gasteiger partial charge >= 0.3 is 0 Å². The molecule has 1 saturated heterocycles. The Labute approximate surface area is 147 Å². The van der Waals surface area contributed by atoms with Crippen molar-refractivity contribution in [2.45, 2.75) is 52.6 Å². The molecule has 132 valence electrons. The van der Waals surface area contributed by atoms with E-state index < -0.39 is 6.04 Å². The van der Waals surface area contributed by atoms with Crippen LogP contribution in [-0.4, -0.2) is 27.9 Å². The molecule has 1 atom stereocenters. The number of rotatable bonds is 5. The van der Waals surface area contributed by atoms with E-state index in [1.54, 1.807) is 11.8 Å². The van der Waals surface area contributed by atoms with Crippen LogP contribution >= 0.6 is 0 Å². The van der Waals surface area contributed by atoms with E-state index in [4.69, 9.17) is 4.52 Å². The van der Waals surface area contributed by atoms with Crippen LogP contribution in [0.2, 0.25) is 0 Å². The fraction of sp³-hybridized carbons (Fsp3) is 0.421. The fourth-order valence-corrected chi connectivity index (χ4v) is 3.12. The molecule has 3 rings (SSSR count). The molecule has 2 amide bonds. The van der Waals surface area contributed by atoms with Gasteiger partial charge in [0.15, 0.2) is 5.76 Å². The monoisotopic (exact) mass is 341 g/mol. The lowest BCUT2D eigenvalue weighted by molar-refractivity contribution is -0.133. The number of aromatic nitrogens is 1. The minimum atomic E-state index is -0.465. The molecule has 1 fully saturated rings. The van der Waals surface area contributed by atoms with Gasteiger partial charge in [-0.1, -0.05) is 41.9 Å². The normalized spacial score (nSPS) is 17.2. The lowest BCUT2D eigenvalue weighted by Gasteiger charge is -2.24. The number of hydrogen-bond donors (Lipinski definition) is 1. The summed E-state index contributed by atoms with van der Waals surface area (Å²) in [4.78, 5) is 26.7. The van der Waals surface area contributed by atoms with Crippen LogP contribution < -0.4 is 5.32 Å². The Balaban J connectivity index is 1.75. The molecule has 6 nitrogen and oxygen atoms in total. The van der Waals surface area contributed by atoms with Gasteiger partial charge in [-0.2, -0.15) is 0 Å². The van der Waals surface area contributed by atoms with Gasteiger partial charge in [0.2, 0.25) is 11.8 Å². The van der Waals surface area contributed by atoms with Gasteiger partial charge in [-0.15, -0.1) is 0 Å². The zero-order valence-electron chi connectivity index (χ0n) is 14.8. The van der Waals surface area contributed by atoms with E-state index in [1.807, 2.05) is 38.1 Å².